The van der Waals surface area contributed by atoms with E-state index in [1.165, 1.54) is 0 Å². The van der Waals surface area contributed by atoms with Gasteiger partial charge in [-0.2, -0.15) is 0 Å². The van der Waals surface area contributed by atoms with Gasteiger partial charge in [0.2, 0.25) is 0 Å². The largest absolute Gasteiger partial charge is 0.508 e. The molecule has 0 saturated carbocycles. The topological polar surface area (TPSA) is 46.2 Å². The Labute approximate surface area is 73.0 Å². The van der Waals surface area contributed by atoms with Gasteiger partial charge in [-0.1, -0.05) is 19.1 Å². The van der Waals surface area contributed by atoms with E-state index in [1.54, 1.807) is 6.07 Å². The Morgan fingerprint density at radius 3 is 2.58 bits per heavy atom. The van der Waals surface area contributed by atoms with Crippen LogP contribution in [-0.4, -0.2) is 5.11 Å². The van der Waals surface area contributed by atoms with Crippen LogP contribution in [0.15, 0.2) is 18.2 Å². The van der Waals surface area contributed by atoms with Crippen LogP contribution in [0, 0.1) is 0 Å². The van der Waals surface area contributed by atoms with Gasteiger partial charge in [0.15, 0.2) is 0 Å². The molecule has 0 amide bonds. The molecule has 0 bridgehead atoms. The highest BCUT2D eigenvalue weighted by Gasteiger charge is 2.07. The lowest BCUT2D eigenvalue weighted by molar-refractivity contribution is 0.467. The van der Waals surface area contributed by atoms with Gasteiger partial charge in [-0.05, 0) is 30.5 Å². The number of rotatable bonds is 2. The zero-order valence-corrected chi connectivity index (χ0v) is 7.54. The van der Waals surface area contributed by atoms with Gasteiger partial charge in [-0.3, -0.25) is 0 Å². The minimum Gasteiger partial charge on any atom is -0.508 e. The molecule has 2 heteroatoms. The molecule has 1 aromatic carbocycles. The van der Waals surface area contributed by atoms with Crippen molar-refractivity contribution < 1.29 is 5.11 Å². The number of nitrogens with two attached hydrogens (primary N) is 1. The number of phenolic OH excluding ortho intramolecular Hbond substituents is 1. The van der Waals surface area contributed by atoms with Crippen LogP contribution in [0.4, 0.5) is 0 Å². The summed E-state index contributed by atoms with van der Waals surface area (Å²) < 4.78 is 0. The third kappa shape index (κ3) is 1.59. The van der Waals surface area contributed by atoms with Crippen molar-refractivity contribution in [3.63, 3.8) is 0 Å². The maximum atomic E-state index is 9.48. The smallest absolute Gasteiger partial charge is 0.119 e. The van der Waals surface area contributed by atoms with Crippen molar-refractivity contribution in [1.82, 2.24) is 0 Å². The number of hydrogen-bond donors (Lipinski definition) is 2. The quantitative estimate of drug-likeness (QED) is 0.703. The van der Waals surface area contributed by atoms with Crippen LogP contribution < -0.4 is 5.73 Å². The summed E-state index contributed by atoms with van der Waals surface area (Å²) in [7, 11) is 0. The molecule has 0 radical (unpaired) electrons. The van der Waals surface area contributed by atoms with E-state index in [0.717, 1.165) is 17.5 Å². The van der Waals surface area contributed by atoms with Gasteiger partial charge in [-0.25, -0.2) is 0 Å². The van der Waals surface area contributed by atoms with Crippen molar-refractivity contribution in [1.29, 1.82) is 0 Å². The van der Waals surface area contributed by atoms with Crippen LogP contribution in [0.3, 0.4) is 0 Å². The van der Waals surface area contributed by atoms with E-state index in [9.17, 15) is 5.11 Å². The second-order valence-electron chi connectivity index (χ2n) is 2.99. The molecule has 0 saturated heterocycles. The van der Waals surface area contributed by atoms with Gasteiger partial charge in [0.05, 0.1) is 0 Å². The molecular weight excluding hydrogens is 150 g/mol. The summed E-state index contributed by atoms with van der Waals surface area (Å²) in [5.41, 5.74) is 7.75. The van der Waals surface area contributed by atoms with E-state index in [1.807, 2.05) is 26.0 Å². The molecule has 0 aliphatic heterocycles. The lowest BCUT2D eigenvalue weighted by Gasteiger charge is -2.12. The van der Waals surface area contributed by atoms with Crippen molar-refractivity contribution in [2.24, 2.45) is 5.73 Å². The predicted octanol–water partition coefficient (Wildman–Crippen LogP) is 1.97. The Balaban J connectivity index is 3.18. The fraction of sp³-hybridized carbons (Fsp3) is 0.400. The Morgan fingerprint density at radius 2 is 2.17 bits per heavy atom. The Bertz CT molecular complexity index is 269. The average Bonchev–Trinajstić information content (AvgIpc) is 2.03. The molecule has 66 valence electrons. The van der Waals surface area contributed by atoms with Gasteiger partial charge < -0.3 is 10.8 Å². The highest BCUT2D eigenvalue weighted by atomic mass is 16.3. The molecule has 1 rings (SSSR count). The van der Waals surface area contributed by atoms with Gasteiger partial charge in [0.25, 0.3) is 0 Å². The highest BCUT2D eigenvalue weighted by Crippen LogP contribution is 2.24. The first kappa shape index (κ1) is 9.07. The summed E-state index contributed by atoms with van der Waals surface area (Å²) in [4.78, 5) is 0. The van der Waals surface area contributed by atoms with Gasteiger partial charge in [-0.15, -0.1) is 0 Å². The van der Waals surface area contributed by atoms with Crippen molar-refractivity contribution in [2.45, 2.75) is 26.3 Å². The molecule has 0 aliphatic rings. The van der Waals surface area contributed by atoms with Crippen LogP contribution >= 0.6 is 0 Å². The summed E-state index contributed by atoms with van der Waals surface area (Å²) in [6, 6.07) is 5.48. The summed E-state index contributed by atoms with van der Waals surface area (Å²) in [5, 5.41) is 9.48. The molecule has 12 heavy (non-hydrogen) atoms. The number of aromatic hydroxyl groups is 1. The van der Waals surface area contributed by atoms with Crippen LogP contribution in [0.1, 0.15) is 31.0 Å². The van der Waals surface area contributed by atoms with Gasteiger partial charge in [0, 0.05) is 6.04 Å². The van der Waals surface area contributed by atoms with Crippen LogP contribution in [0.2, 0.25) is 0 Å². The third-order valence-electron chi connectivity index (χ3n) is 2.03. The zero-order chi connectivity index (χ0) is 9.14. The fourth-order valence-corrected chi connectivity index (χ4v) is 1.40. The van der Waals surface area contributed by atoms with E-state index in [-0.39, 0.29) is 6.04 Å². The summed E-state index contributed by atoms with van der Waals surface area (Å²) in [6.07, 6.45) is 0.823. The molecule has 2 nitrogen and oxygen atoms in total. The van der Waals surface area contributed by atoms with Crippen molar-refractivity contribution in [3.05, 3.63) is 29.3 Å². The first-order valence-electron chi connectivity index (χ1n) is 4.23. The molecular formula is C10H15NO. The molecule has 0 spiro atoms. The lowest BCUT2D eigenvalue weighted by Crippen LogP contribution is -2.07. The minimum absolute atomic E-state index is 0.00736. The SMILES string of the molecule is CCc1c(O)cccc1C(C)N. The fourth-order valence-electron chi connectivity index (χ4n) is 1.40. The first-order chi connectivity index (χ1) is 5.66. The predicted molar refractivity (Wildman–Crippen MR) is 50.1 cm³/mol. The normalized spacial score (nSPS) is 12.9. The van der Waals surface area contributed by atoms with Crippen molar-refractivity contribution in [2.75, 3.05) is 0 Å². The molecule has 0 aromatic heterocycles. The second kappa shape index (κ2) is 3.59. The second-order valence-corrected chi connectivity index (χ2v) is 2.99. The monoisotopic (exact) mass is 165 g/mol. The zero-order valence-electron chi connectivity index (χ0n) is 7.54. The summed E-state index contributed by atoms with van der Waals surface area (Å²) >= 11 is 0. The van der Waals surface area contributed by atoms with E-state index in [4.69, 9.17) is 5.73 Å². The summed E-state index contributed by atoms with van der Waals surface area (Å²) in [6.45, 7) is 3.94. The lowest BCUT2D eigenvalue weighted by atomic mass is 9.99. The minimum atomic E-state index is -0.00736. The van der Waals surface area contributed by atoms with E-state index >= 15 is 0 Å². The molecule has 1 aromatic rings. The molecule has 3 N–H and O–H groups in total. The van der Waals surface area contributed by atoms with Crippen LogP contribution in [-0.2, 0) is 6.42 Å². The maximum absolute atomic E-state index is 9.48. The highest BCUT2D eigenvalue weighted by molar-refractivity contribution is 5.40. The maximum Gasteiger partial charge on any atom is 0.119 e. The molecule has 1 unspecified atom stereocenters. The van der Waals surface area contributed by atoms with Crippen LogP contribution in [0.5, 0.6) is 5.75 Å². The van der Waals surface area contributed by atoms with Crippen molar-refractivity contribution >= 4 is 0 Å². The van der Waals surface area contributed by atoms with E-state index in [2.05, 4.69) is 0 Å². The molecule has 0 aliphatic carbocycles. The Morgan fingerprint density at radius 1 is 1.50 bits per heavy atom. The van der Waals surface area contributed by atoms with E-state index < -0.39 is 0 Å². The Kier molecular flexibility index (Phi) is 2.71. The van der Waals surface area contributed by atoms with Crippen LogP contribution in [0.25, 0.3) is 0 Å². The van der Waals surface area contributed by atoms with Gasteiger partial charge in [0.1, 0.15) is 5.75 Å². The first-order valence-corrected chi connectivity index (χ1v) is 4.23. The molecule has 0 fully saturated rings. The summed E-state index contributed by atoms with van der Waals surface area (Å²) in [5.74, 6) is 0.354. The number of hydrogen-bond acceptors (Lipinski definition) is 2. The number of phenols is 1. The Hall–Kier alpha value is -1.02. The van der Waals surface area contributed by atoms with E-state index in [0.29, 0.717) is 5.75 Å². The van der Waals surface area contributed by atoms with Gasteiger partial charge >= 0.3 is 0 Å². The molecule has 0 heterocycles. The number of benzene rings is 1. The molecule has 1 atom stereocenters. The standard InChI is InChI=1S/C10H15NO/c1-3-8-9(7(2)11)5-4-6-10(8)12/h4-7,12H,3,11H2,1-2H3. The average molecular weight is 165 g/mol. The van der Waals surface area contributed by atoms with Crippen molar-refractivity contribution in [3.8, 4) is 5.75 Å². The third-order valence-corrected chi connectivity index (χ3v) is 2.03.